The molecule has 0 aromatic heterocycles. The second-order valence-electron chi connectivity index (χ2n) is 4.39. The summed E-state index contributed by atoms with van der Waals surface area (Å²) >= 11 is 7.14. The Morgan fingerprint density at radius 3 is 2.74 bits per heavy atom. The Hall–Kier alpha value is -2.38. The number of halogens is 1. The van der Waals surface area contributed by atoms with E-state index in [1.165, 1.54) is 30.1 Å². The number of hydrogen-bond acceptors (Lipinski definition) is 5. The van der Waals surface area contributed by atoms with Crippen LogP contribution in [0.25, 0.3) is 0 Å². The van der Waals surface area contributed by atoms with Crippen LogP contribution in [0.2, 0.25) is 5.02 Å². The van der Waals surface area contributed by atoms with Gasteiger partial charge in [-0.15, -0.1) is 11.8 Å². The number of amides is 1. The first-order valence-electron chi connectivity index (χ1n) is 6.49. The molecule has 6 nitrogen and oxygen atoms in total. The number of nitrogens with one attached hydrogen (secondary N) is 1. The molecule has 23 heavy (non-hydrogen) atoms. The van der Waals surface area contributed by atoms with E-state index in [2.05, 4.69) is 10.5 Å². The van der Waals surface area contributed by atoms with E-state index in [-0.39, 0.29) is 17.3 Å². The molecule has 0 aliphatic heterocycles. The molecule has 0 radical (unpaired) electrons. The van der Waals surface area contributed by atoms with E-state index in [1.54, 1.807) is 24.3 Å². The van der Waals surface area contributed by atoms with Crippen molar-refractivity contribution in [3.63, 3.8) is 0 Å². The zero-order chi connectivity index (χ0) is 16.7. The summed E-state index contributed by atoms with van der Waals surface area (Å²) in [6, 6.07) is 13.1. The van der Waals surface area contributed by atoms with Gasteiger partial charge in [0.1, 0.15) is 0 Å². The molecular weight excluding hydrogens is 338 g/mol. The van der Waals surface area contributed by atoms with Gasteiger partial charge in [-0.05, 0) is 24.3 Å². The minimum absolute atomic E-state index is 0.0291. The molecule has 2 aromatic carbocycles. The number of benzene rings is 2. The number of carbonyl (C=O) groups excluding carboxylic acids is 1. The molecule has 0 atom stereocenters. The molecule has 0 saturated carbocycles. The predicted octanol–water partition coefficient (Wildman–Crippen LogP) is 3.49. The van der Waals surface area contributed by atoms with Crippen molar-refractivity contribution in [1.82, 2.24) is 5.43 Å². The molecule has 0 heterocycles. The monoisotopic (exact) mass is 349 g/mol. The van der Waals surface area contributed by atoms with Crippen molar-refractivity contribution in [1.29, 1.82) is 0 Å². The van der Waals surface area contributed by atoms with Crippen molar-refractivity contribution < 1.29 is 9.72 Å². The normalized spacial score (nSPS) is 10.7. The van der Waals surface area contributed by atoms with Gasteiger partial charge in [0.15, 0.2) is 0 Å². The standard InChI is InChI=1S/C15H12ClN3O3S/c16-12-4-6-14(7-5-12)23-10-15(20)18-17-9-11-2-1-3-13(8-11)19(21)22/h1-9H,10H2,(H,18,20)/b17-9-. The number of nitro benzene ring substituents is 1. The van der Waals surface area contributed by atoms with Crippen LogP contribution in [0.4, 0.5) is 5.69 Å². The maximum atomic E-state index is 11.7. The summed E-state index contributed by atoms with van der Waals surface area (Å²) in [7, 11) is 0. The maximum absolute atomic E-state index is 11.7. The molecule has 0 fully saturated rings. The van der Waals surface area contributed by atoms with Crippen molar-refractivity contribution in [2.75, 3.05) is 5.75 Å². The number of rotatable bonds is 6. The van der Waals surface area contributed by atoms with Crippen molar-refractivity contribution in [3.05, 3.63) is 69.2 Å². The summed E-state index contributed by atoms with van der Waals surface area (Å²) in [5.74, 6) is -0.0693. The summed E-state index contributed by atoms with van der Waals surface area (Å²) in [6.45, 7) is 0. The summed E-state index contributed by atoms with van der Waals surface area (Å²) < 4.78 is 0. The molecule has 0 unspecified atom stereocenters. The fourth-order valence-electron chi connectivity index (χ4n) is 1.61. The van der Waals surface area contributed by atoms with Crippen LogP contribution in [0.15, 0.2) is 58.5 Å². The molecule has 1 amide bonds. The minimum Gasteiger partial charge on any atom is -0.272 e. The molecule has 0 aliphatic rings. The molecule has 8 heteroatoms. The van der Waals surface area contributed by atoms with Crippen LogP contribution in [-0.2, 0) is 4.79 Å². The van der Waals surface area contributed by atoms with Gasteiger partial charge in [-0.2, -0.15) is 5.10 Å². The zero-order valence-corrected chi connectivity index (χ0v) is 13.4. The van der Waals surface area contributed by atoms with Crippen LogP contribution >= 0.6 is 23.4 Å². The number of hydrogen-bond donors (Lipinski definition) is 1. The van der Waals surface area contributed by atoms with Gasteiger partial charge in [0, 0.05) is 27.6 Å². The average molecular weight is 350 g/mol. The van der Waals surface area contributed by atoms with Crippen LogP contribution in [-0.4, -0.2) is 22.8 Å². The number of nitrogens with zero attached hydrogens (tertiary/aromatic N) is 2. The van der Waals surface area contributed by atoms with E-state index in [4.69, 9.17) is 11.6 Å². The van der Waals surface area contributed by atoms with Crippen LogP contribution < -0.4 is 5.43 Å². The van der Waals surface area contributed by atoms with Crippen molar-refractivity contribution in [2.45, 2.75) is 4.90 Å². The second-order valence-corrected chi connectivity index (χ2v) is 5.87. The molecule has 1 N–H and O–H groups in total. The highest BCUT2D eigenvalue weighted by Gasteiger charge is 2.04. The smallest absolute Gasteiger partial charge is 0.270 e. The Morgan fingerprint density at radius 1 is 1.30 bits per heavy atom. The van der Waals surface area contributed by atoms with E-state index in [1.807, 2.05) is 12.1 Å². The molecule has 118 valence electrons. The fraction of sp³-hybridized carbons (Fsp3) is 0.0667. The Bertz CT molecular complexity index is 735. The van der Waals surface area contributed by atoms with Gasteiger partial charge in [0.2, 0.25) is 5.91 Å². The molecular formula is C15H12ClN3O3S. The van der Waals surface area contributed by atoms with Crippen LogP contribution in [0.1, 0.15) is 5.56 Å². The Morgan fingerprint density at radius 2 is 2.04 bits per heavy atom. The lowest BCUT2D eigenvalue weighted by atomic mass is 10.2. The summed E-state index contributed by atoms with van der Waals surface area (Å²) in [4.78, 5) is 22.8. The van der Waals surface area contributed by atoms with E-state index >= 15 is 0 Å². The number of non-ortho nitro benzene ring substituents is 1. The van der Waals surface area contributed by atoms with Gasteiger partial charge < -0.3 is 0 Å². The Kier molecular flexibility index (Phi) is 6.13. The Labute approximate surface area is 141 Å². The van der Waals surface area contributed by atoms with Gasteiger partial charge in [0.25, 0.3) is 5.69 Å². The van der Waals surface area contributed by atoms with Crippen molar-refractivity contribution in [3.8, 4) is 0 Å². The van der Waals surface area contributed by atoms with E-state index in [9.17, 15) is 14.9 Å². The highest BCUT2D eigenvalue weighted by atomic mass is 35.5. The average Bonchev–Trinajstić information content (AvgIpc) is 2.54. The molecule has 0 spiro atoms. The summed E-state index contributed by atoms with van der Waals surface area (Å²) in [5, 5.41) is 15.1. The van der Waals surface area contributed by atoms with Crippen molar-refractivity contribution >= 4 is 41.2 Å². The van der Waals surface area contributed by atoms with Gasteiger partial charge >= 0.3 is 0 Å². The first-order valence-corrected chi connectivity index (χ1v) is 7.85. The largest absolute Gasteiger partial charge is 0.272 e. The third kappa shape index (κ3) is 5.72. The number of nitro groups is 1. The summed E-state index contributed by atoms with van der Waals surface area (Å²) in [6.07, 6.45) is 1.36. The molecule has 2 rings (SSSR count). The SMILES string of the molecule is O=C(CSc1ccc(Cl)cc1)N/N=C\c1cccc([N+](=O)[O-])c1. The molecule has 0 aliphatic carbocycles. The number of carbonyl (C=O) groups is 1. The third-order valence-corrected chi connectivity index (χ3v) is 3.93. The Balaban J connectivity index is 1.83. The lowest BCUT2D eigenvalue weighted by Crippen LogP contribution is -2.19. The lowest BCUT2D eigenvalue weighted by molar-refractivity contribution is -0.384. The summed E-state index contributed by atoms with van der Waals surface area (Å²) in [5.41, 5.74) is 2.88. The predicted molar refractivity (Wildman–Crippen MR) is 91.0 cm³/mol. The maximum Gasteiger partial charge on any atom is 0.270 e. The van der Waals surface area contributed by atoms with Crippen LogP contribution in [0, 0.1) is 10.1 Å². The van der Waals surface area contributed by atoms with Crippen LogP contribution in [0.3, 0.4) is 0 Å². The van der Waals surface area contributed by atoms with Gasteiger partial charge in [-0.25, -0.2) is 5.43 Å². The van der Waals surface area contributed by atoms with E-state index in [0.29, 0.717) is 10.6 Å². The number of thioether (sulfide) groups is 1. The van der Waals surface area contributed by atoms with Gasteiger partial charge in [-0.3, -0.25) is 14.9 Å². The minimum atomic E-state index is -0.487. The molecule has 0 bridgehead atoms. The fourth-order valence-corrected chi connectivity index (χ4v) is 2.43. The quantitative estimate of drug-likeness (QED) is 0.374. The van der Waals surface area contributed by atoms with Gasteiger partial charge in [0.05, 0.1) is 16.9 Å². The third-order valence-electron chi connectivity index (χ3n) is 2.67. The van der Waals surface area contributed by atoms with Gasteiger partial charge in [-0.1, -0.05) is 23.7 Å². The lowest BCUT2D eigenvalue weighted by Gasteiger charge is -2.01. The van der Waals surface area contributed by atoms with Crippen LogP contribution in [0.5, 0.6) is 0 Å². The highest BCUT2D eigenvalue weighted by molar-refractivity contribution is 8.00. The molecule has 0 saturated heterocycles. The topological polar surface area (TPSA) is 84.6 Å². The highest BCUT2D eigenvalue weighted by Crippen LogP contribution is 2.19. The van der Waals surface area contributed by atoms with E-state index in [0.717, 1.165) is 4.90 Å². The first-order chi connectivity index (χ1) is 11.0. The second kappa shape index (κ2) is 8.30. The van der Waals surface area contributed by atoms with E-state index < -0.39 is 4.92 Å². The number of hydrazone groups is 1. The first kappa shape index (κ1) is 17.0. The zero-order valence-electron chi connectivity index (χ0n) is 11.8. The van der Waals surface area contributed by atoms with Crippen molar-refractivity contribution in [2.24, 2.45) is 5.10 Å². The molecule has 2 aromatic rings.